The van der Waals surface area contributed by atoms with E-state index in [0.29, 0.717) is 43.6 Å². The first-order chi connectivity index (χ1) is 14.0. The van der Waals surface area contributed by atoms with Crippen LogP contribution in [0.4, 0.5) is 0 Å². The highest BCUT2D eigenvalue weighted by Gasteiger charge is 2.12. The van der Waals surface area contributed by atoms with Crippen molar-refractivity contribution in [3.63, 3.8) is 0 Å². The Bertz CT molecular complexity index is 739. The lowest BCUT2D eigenvalue weighted by molar-refractivity contribution is 0.0742. The maximum atomic E-state index is 10.3. The van der Waals surface area contributed by atoms with Gasteiger partial charge in [-0.3, -0.25) is 4.90 Å². The van der Waals surface area contributed by atoms with E-state index in [1.807, 2.05) is 48.3 Å². The lowest BCUT2D eigenvalue weighted by Gasteiger charge is -2.21. The molecule has 0 amide bonds. The molecule has 2 rings (SSSR count). The molecule has 2 aromatic rings. The number of aliphatic hydroxyl groups excluding tert-OH is 1. The highest BCUT2D eigenvalue weighted by Crippen LogP contribution is 2.28. The lowest BCUT2D eigenvalue weighted by Crippen LogP contribution is -2.32. The smallest absolute Gasteiger partial charge is 0.161 e. The van der Waals surface area contributed by atoms with Gasteiger partial charge in [0.1, 0.15) is 30.8 Å². The van der Waals surface area contributed by atoms with Crippen molar-refractivity contribution in [1.29, 1.82) is 0 Å². The quantitative estimate of drug-likeness (QED) is 0.514. The number of hydrogen-bond donors (Lipinski definition) is 1. The second kappa shape index (κ2) is 12.2. The first-order valence-electron chi connectivity index (χ1n) is 9.47. The van der Waals surface area contributed by atoms with E-state index in [-0.39, 0.29) is 6.61 Å². The molecule has 0 aliphatic rings. The number of nitrogens with zero attached hydrogens (tertiary/aromatic N) is 1. The van der Waals surface area contributed by atoms with Crippen molar-refractivity contribution in [2.45, 2.75) is 12.6 Å². The number of aliphatic hydroxyl groups is 1. The van der Waals surface area contributed by atoms with Crippen LogP contribution in [0.1, 0.15) is 5.56 Å². The molecule has 0 fully saturated rings. The summed E-state index contributed by atoms with van der Waals surface area (Å²) in [7, 11) is 6.80. The SMILES string of the molecule is COCCOc1cc(CN(C)C[C@@H](O)COc2cccc(OC)c2)ccc1OC. The lowest BCUT2D eigenvalue weighted by atomic mass is 10.2. The largest absolute Gasteiger partial charge is 0.497 e. The van der Waals surface area contributed by atoms with E-state index in [9.17, 15) is 5.11 Å². The molecule has 0 bridgehead atoms. The fourth-order valence-corrected chi connectivity index (χ4v) is 2.84. The van der Waals surface area contributed by atoms with Crippen LogP contribution in [0.2, 0.25) is 0 Å². The molecular weight excluding hydrogens is 374 g/mol. The molecule has 0 saturated heterocycles. The van der Waals surface area contributed by atoms with Gasteiger partial charge in [0, 0.05) is 26.3 Å². The normalized spacial score (nSPS) is 11.9. The van der Waals surface area contributed by atoms with E-state index in [1.165, 1.54) is 0 Å². The summed E-state index contributed by atoms with van der Waals surface area (Å²) in [6.45, 7) is 2.28. The Hall–Kier alpha value is -2.48. The number of methoxy groups -OCH3 is 3. The van der Waals surface area contributed by atoms with Crippen LogP contribution in [0.15, 0.2) is 42.5 Å². The van der Waals surface area contributed by atoms with Crippen LogP contribution in [0, 0.1) is 0 Å². The number of hydrogen-bond acceptors (Lipinski definition) is 7. The number of benzene rings is 2. The topological polar surface area (TPSA) is 69.6 Å². The first kappa shape index (κ1) is 22.8. The molecule has 0 aliphatic heterocycles. The Morgan fingerprint density at radius 3 is 2.41 bits per heavy atom. The predicted octanol–water partition coefficient (Wildman–Crippen LogP) is 2.60. The molecule has 29 heavy (non-hydrogen) atoms. The van der Waals surface area contributed by atoms with Gasteiger partial charge in [0.15, 0.2) is 11.5 Å². The molecule has 2 aromatic carbocycles. The van der Waals surface area contributed by atoms with Crippen molar-refractivity contribution >= 4 is 0 Å². The number of likely N-dealkylation sites (N-methyl/N-ethyl adjacent to an activating group) is 1. The molecule has 0 unspecified atom stereocenters. The Labute approximate surface area is 172 Å². The van der Waals surface area contributed by atoms with Gasteiger partial charge in [-0.25, -0.2) is 0 Å². The Morgan fingerprint density at radius 1 is 0.897 bits per heavy atom. The van der Waals surface area contributed by atoms with Crippen LogP contribution in [-0.4, -0.2) is 70.9 Å². The van der Waals surface area contributed by atoms with Crippen LogP contribution in [0.25, 0.3) is 0 Å². The van der Waals surface area contributed by atoms with E-state index in [2.05, 4.69) is 0 Å². The van der Waals surface area contributed by atoms with Crippen molar-refractivity contribution in [3.05, 3.63) is 48.0 Å². The molecular formula is C22H31NO6. The second-order valence-electron chi connectivity index (χ2n) is 6.67. The van der Waals surface area contributed by atoms with Crippen molar-refractivity contribution in [2.75, 3.05) is 54.7 Å². The van der Waals surface area contributed by atoms with Gasteiger partial charge in [0.2, 0.25) is 0 Å². The van der Waals surface area contributed by atoms with Crippen molar-refractivity contribution in [3.8, 4) is 23.0 Å². The molecule has 0 radical (unpaired) electrons. The predicted molar refractivity (Wildman–Crippen MR) is 111 cm³/mol. The Morgan fingerprint density at radius 2 is 1.69 bits per heavy atom. The number of ether oxygens (including phenoxy) is 5. The molecule has 160 valence electrons. The summed E-state index contributed by atoms with van der Waals surface area (Å²) in [5.74, 6) is 2.74. The van der Waals surface area contributed by atoms with Crippen LogP contribution < -0.4 is 18.9 Å². The van der Waals surface area contributed by atoms with Crippen LogP contribution in [-0.2, 0) is 11.3 Å². The van der Waals surface area contributed by atoms with Crippen LogP contribution in [0.3, 0.4) is 0 Å². The van der Waals surface area contributed by atoms with E-state index < -0.39 is 6.10 Å². The van der Waals surface area contributed by atoms with E-state index in [0.717, 1.165) is 11.3 Å². The zero-order chi connectivity index (χ0) is 21.1. The van der Waals surface area contributed by atoms with Crippen molar-refractivity contribution in [2.24, 2.45) is 0 Å². The minimum Gasteiger partial charge on any atom is -0.497 e. The Balaban J connectivity index is 1.85. The highest BCUT2D eigenvalue weighted by atomic mass is 16.5. The molecule has 0 saturated carbocycles. The number of rotatable bonds is 13. The third kappa shape index (κ3) is 7.81. The maximum Gasteiger partial charge on any atom is 0.161 e. The van der Waals surface area contributed by atoms with Gasteiger partial charge in [0.05, 0.1) is 20.8 Å². The van der Waals surface area contributed by atoms with E-state index in [4.69, 9.17) is 23.7 Å². The second-order valence-corrected chi connectivity index (χ2v) is 6.67. The molecule has 0 aliphatic carbocycles. The first-order valence-corrected chi connectivity index (χ1v) is 9.47. The molecule has 0 heterocycles. The van der Waals surface area contributed by atoms with Crippen LogP contribution >= 0.6 is 0 Å². The highest BCUT2D eigenvalue weighted by molar-refractivity contribution is 5.43. The minimum atomic E-state index is -0.623. The molecule has 7 nitrogen and oxygen atoms in total. The van der Waals surface area contributed by atoms with Gasteiger partial charge < -0.3 is 28.8 Å². The van der Waals surface area contributed by atoms with Gasteiger partial charge in [-0.05, 0) is 36.9 Å². The zero-order valence-electron chi connectivity index (χ0n) is 17.6. The molecule has 1 N–H and O–H groups in total. The van der Waals surface area contributed by atoms with Gasteiger partial charge in [-0.1, -0.05) is 12.1 Å². The summed E-state index contributed by atoms with van der Waals surface area (Å²) in [5.41, 5.74) is 1.06. The fraction of sp³-hybridized carbons (Fsp3) is 0.455. The summed E-state index contributed by atoms with van der Waals surface area (Å²) in [6, 6.07) is 13.1. The summed E-state index contributed by atoms with van der Waals surface area (Å²) in [4.78, 5) is 2.03. The van der Waals surface area contributed by atoms with Crippen LogP contribution in [0.5, 0.6) is 23.0 Å². The van der Waals surface area contributed by atoms with E-state index in [1.54, 1.807) is 27.4 Å². The van der Waals surface area contributed by atoms with Gasteiger partial charge >= 0.3 is 0 Å². The minimum absolute atomic E-state index is 0.200. The fourth-order valence-electron chi connectivity index (χ4n) is 2.84. The Kier molecular flexibility index (Phi) is 9.56. The molecule has 0 spiro atoms. The van der Waals surface area contributed by atoms with E-state index >= 15 is 0 Å². The third-order valence-electron chi connectivity index (χ3n) is 4.23. The standard InChI is InChI=1S/C22H31NO6/c1-23(15-18(24)16-29-20-7-5-6-19(13-20)26-3)14-17-8-9-21(27-4)22(12-17)28-11-10-25-2/h5-9,12-13,18,24H,10-11,14-16H2,1-4H3/t18-/m1/s1. The van der Waals surface area contributed by atoms with Gasteiger partial charge in [-0.15, -0.1) is 0 Å². The van der Waals surface area contributed by atoms with Crippen molar-refractivity contribution in [1.82, 2.24) is 4.90 Å². The molecule has 1 atom stereocenters. The monoisotopic (exact) mass is 405 g/mol. The average Bonchev–Trinajstić information content (AvgIpc) is 2.72. The summed E-state index contributed by atoms with van der Waals surface area (Å²) in [5, 5.41) is 10.3. The molecule has 7 heteroatoms. The average molecular weight is 405 g/mol. The summed E-state index contributed by atoms with van der Waals surface area (Å²) < 4.78 is 26.9. The van der Waals surface area contributed by atoms with Gasteiger partial charge in [0.25, 0.3) is 0 Å². The maximum absolute atomic E-state index is 10.3. The summed E-state index contributed by atoms with van der Waals surface area (Å²) in [6.07, 6.45) is -0.623. The third-order valence-corrected chi connectivity index (χ3v) is 4.23. The summed E-state index contributed by atoms with van der Waals surface area (Å²) >= 11 is 0. The molecule has 0 aromatic heterocycles. The zero-order valence-corrected chi connectivity index (χ0v) is 17.6. The van der Waals surface area contributed by atoms with Crippen molar-refractivity contribution < 1.29 is 28.8 Å². The van der Waals surface area contributed by atoms with Gasteiger partial charge in [-0.2, -0.15) is 0 Å².